The highest BCUT2D eigenvalue weighted by Crippen LogP contribution is 2.53. The molecule has 0 unspecified atom stereocenters. The largest absolute Gasteiger partial charge is 0.309 e. The Morgan fingerprint density at radius 1 is 0.293 bits per heavy atom. The van der Waals surface area contributed by atoms with Crippen molar-refractivity contribution in [2.45, 2.75) is 80.1 Å². The highest BCUT2D eigenvalue weighted by atomic mass is 15.2. The van der Waals surface area contributed by atoms with Gasteiger partial charge in [0.15, 0.2) is 0 Å². The maximum atomic E-state index is 2.57. The van der Waals surface area contributed by atoms with Gasteiger partial charge in [-0.15, -0.1) is 0 Å². The van der Waals surface area contributed by atoms with Gasteiger partial charge in [0.2, 0.25) is 0 Å². The van der Waals surface area contributed by atoms with Crippen LogP contribution < -0.4 is 9.80 Å². The van der Waals surface area contributed by atoms with E-state index in [-0.39, 0.29) is 10.8 Å². The van der Waals surface area contributed by atoms with Crippen molar-refractivity contribution in [2.75, 3.05) is 9.80 Å². The molecule has 0 bridgehead atoms. The van der Waals surface area contributed by atoms with Gasteiger partial charge in [0.25, 0.3) is 0 Å². The van der Waals surface area contributed by atoms with E-state index in [0.717, 1.165) is 34.1 Å². The average Bonchev–Trinajstić information content (AvgIpc) is 1.64. The van der Waals surface area contributed by atoms with Gasteiger partial charge in [-0.25, -0.2) is 0 Å². The van der Waals surface area contributed by atoms with Crippen LogP contribution >= 0.6 is 0 Å². The summed E-state index contributed by atoms with van der Waals surface area (Å²) in [5.74, 6) is 0. The maximum Gasteiger partial charge on any atom is 0.0641 e. The lowest BCUT2D eigenvalue weighted by molar-refractivity contribution is 0.590. The Morgan fingerprint density at radius 3 is 1.00 bits per heavy atom. The molecule has 0 aliphatic heterocycles. The Morgan fingerprint density at radius 2 is 0.634 bits per heavy atom. The van der Waals surface area contributed by atoms with E-state index in [0.29, 0.717) is 0 Å². The zero-order valence-electron chi connectivity index (χ0n) is 48.6. The van der Waals surface area contributed by atoms with Crippen LogP contribution in [0.4, 0.5) is 34.1 Å². The first kappa shape index (κ1) is 49.6. The van der Waals surface area contributed by atoms with Crippen molar-refractivity contribution >= 4 is 110 Å². The van der Waals surface area contributed by atoms with E-state index in [4.69, 9.17) is 0 Å². The van der Waals surface area contributed by atoms with Crippen molar-refractivity contribution in [3.05, 3.63) is 252 Å². The van der Waals surface area contributed by atoms with Gasteiger partial charge in [-0.2, -0.15) is 0 Å². The Hall–Kier alpha value is -9.38. The summed E-state index contributed by atoms with van der Waals surface area (Å²) in [7, 11) is 0. The van der Waals surface area contributed by atoms with Gasteiger partial charge < -0.3 is 18.6 Å². The summed E-state index contributed by atoms with van der Waals surface area (Å²) in [6.45, 7) is 22.6. The van der Waals surface area contributed by atoms with E-state index in [2.05, 4.69) is 306 Å². The van der Waals surface area contributed by atoms with E-state index in [9.17, 15) is 0 Å². The highest BCUT2D eigenvalue weighted by molar-refractivity contribution is 6.32. The third kappa shape index (κ3) is 7.57. The number of fused-ring (bicyclic) bond motifs is 12. The summed E-state index contributed by atoms with van der Waals surface area (Å²) < 4.78 is 5.14. The normalized spacial score (nSPS) is 12.5. The van der Waals surface area contributed by atoms with Crippen molar-refractivity contribution < 1.29 is 0 Å². The number of benzene rings is 11. The third-order valence-corrected chi connectivity index (χ3v) is 17.8. The molecule has 0 atom stereocenters. The number of aromatic nitrogens is 2. The topological polar surface area (TPSA) is 15.3 Å². The fraction of sp³-hybridized carbons (Fsp3) is 0.154. The minimum absolute atomic E-state index is 0.0337. The molecule has 15 rings (SSSR count). The number of nitrogens with zero attached hydrogens (tertiary/aromatic N) is 4. The van der Waals surface area contributed by atoms with Crippen LogP contribution in [0, 0.1) is 27.7 Å². The molecule has 0 N–H and O–H groups in total. The number of hydrogen-bond donors (Lipinski definition) is 0. The van der Waals surface area contributed by atoms with E-state index in [1.165, 1.54) is 132 Å². The highest BCUT2D eigenvalue weighted by Gasteiger charge is 2.30. The molecule has 0 spiro atoms. The molecule has 4 heterocycles. The predicted octanol–water partition coefficient (Wildman–Crippen LogP) is 22.1. The Kier molecular flexibility index (Phi) is 10.9. The number of anilines is 6. The zero-order chi connectivity index (χ0) is 56.1. The standard InChI is InChI=1S/C78H66N4/c1-47-19-27-51(28-20-47)61-43-53(77(5,6)7)31-39-67(61)79(55-33-23-49(3)24-34-55)69-41-37-57-63-45-72-64(46-71(63)81-65-17-13-11-15-59(65)73(69)75(57)81)58-38-42-70(74-60-16-12-14-18-66(60)82(72)76(58)74)80(56-35-25-50(4)26-36-56)68-40-32-54(78(8,9)10)44-62(68)52-29-21-48(2)22-30-52/h11-46H,1-10H3. The lowest BCUT2D eigenvalue weighted by Crippen LogP contribution is -2.15. The molecule has 0 radical (unpaired) electrons. The predicted molar refractivity (Wildman–Crippen MR) is 352 cm³/mol. The third-order valence-electron chi connectivity index (χ3n) is 17.8. The molecule has 0 amide bonds. The van der Waals surface area contributed by atoms with E-state index in [1.54, 1.807) is 0 Å². The maximum absolute atomic E-state index is 2.57. The second-order valence-corrected chi connectivity index (χ2v) is 25.3. The molecule has 82 heavy (non-hydrogen) atoms. The molecule has 0 saturated heterocycles. The molecule has 15 aromatic rings. The first-order chi connectivity index (χ1) is 39.6. The lowest BCUT2D eigenvalue weighted by atomic mass is 9.84. The summed E-state index contributed by atoms with van der Waals surface area (Å²) in [4.78, 5) is 5.05. The summed E-state index contributed by atoms with van der Waals surface area (Å²) in [6.07, 6.45) is 0. The Balaban J connectivity index is 1.00. The summed E-state index contributed by atoms with van der Waals surface area (Å²) >= 11 is 0. The van der Waals surface area contributed by atoms with Gasteiger partial charge in [-0.1, -0.05) is 197 Å². The van der Waals surface area contributed by atoms with Crippen LogP contribution in [0.15, 0.2) is 218 Å². The second-order valence-electron chi connectivity index (χ2n) is 25.3. The van der Waals surface area contributed by atoms with Crippen molar-refractivity contribution in [1.29, 1.82) is 0 Å². The number of aryl methyl sites for hydroxylation is 4. The Labute approximate surface area is 480 Å². The molecule has 4 heteroatoms. The average molecular weight is 1060 g/mol. The molecular formula is C78H66N4. The SMILES string of the molecule is Cc1ccc(-c2cc(C(C)(C)C)ccc2N(c2ccc(C)cc2)c2ccc3c4cc5c(cc4n4c6ccccc6c2c34)c2ccc(N(c3ccc(C)cc3)c3ccc(C(C)(C)C)cc3-c3ccc(C)cc3)c3c4ccccc4n5c23)cc1. The number of rotatable bonds is 8. The molecule has 0 aliphatic carbocycles. The molecule has 11 aromatic carbocycles. The van der Waals surface area contributed by atoms with Gasteiger partial charge in [0.05, 0.1) is 55.8 Å². The molecule has 0 fully saturated rings. The molecule has 4 aromatic heterocycles. The van der Waals surface area contributed by atoms with Crippen molar-refractivity contribution in [2.24, 2.45) is 0 Å². The fourth-order valence-corrected chi connectivity index (χ4v) is 13.4. The van der Waals surface area contributed by atoms with Crippen LogP contribution in [0.2, 0.25) is 0 Å². The van der Waals surface area contributed by atoms with E-state index < -0.39 is 0 Å². The molecule has 4 nitrogen and oxygen atoms in total. The van der Waals surface area contributed by atoms with Crippen molar-refractivity contribution in [1.82, 2.24) is 8.80 Å². The molecule has 0 aliphatic rings. The molecule has 0 saturated carbocycles. The summed E-state index contributed by atoms with van der Waals surface area (Å²) in [5.41, 5.74) is 26.5. The molecule has 398 valence electrons. The monoisotopic (exact) mass is 1060 g/mol. The van der Waals surface area contributed by atoms with Crippen LogP contribution in [-0.2, 0) is 10.8 Å². The van der Waals surface area contributed by atoms with Crippen LogP contribution in [0.25, 0.3) is 98.4 Å². The first-order valence-electron chi connectivity index (χ1n) is 29.1. The minimum atomic E-state index is -0.0337. The quantitative estimate of drug-likeness (QED) is 0.151. The van der Waals surface area contributed by atoms with Crippen LogP contribution in [0.1, 0.15) is 74.9 Å². The van der Waals surface area contributed by atoms with Crippen LogP contribution in [-0.4, -0.2) is 8.80 Å². The number of para-hydroxylation sites is 2. The van der Waals surface area contributed by atoms with Crippen molar-refractivity contribution in [3.8, 4) is 22.3 Å². The van der Waals surface area contributed by atoms with Gasteiger partial charge in [-0.05, 0) is 146 Å². The van der Waals surface area contributed by atoms with Crippen molar-refractivity contribution in [3.63, 3.8) is 0 Å². The van der Waals surface area contributed by atoms with E-state index in [1.807, 2.05) is 0 Å². The summed E-state index contributed by atoms with van der Waals surface area (Å²) in [5, 5.41) is 9.95. The first-order valence-corrected chi connectivity index (χ1v) is 29.1. The smallest absolute Gasteiger partial charge is 0.0641 e. The van der Waals surface area contributed by atoms with E-state index >= 15 is 0 Å². The lowest BCUT2D eigenvalue weighted by Gasteiger charge is -2.30. The number of hydrogen-bond acceptors (Lipinski definition) is 2. The Bertz CT molecular complexity index is 4680. The fourth-order valence-electron chi connectivity index (χ4n) is 13.4. The zero-order valence-corrected chi connectivity index (χ0v) is 48.6. The summed E-state index contributed by atoms with van der Waals surface area (Å²) in [6, 6.07) is 83.3. The van der Waals surface area contributed by atoms with Gasteiger partial charge in [0, 0.05) is 65.6 Å². The van der Waals surface area contributed by atoms with Gasteiger partial charge >= 0.3 is 0 Å². The van der Waals surface area contributed by atoms with Crippen LogP contribution in [0.3, 0.4) is 0 Å². The van der Waals surface area contributed by atoms with Gasteiger partial charge in [0.1, 0.15) is 0 Å². The van der Waals surface area contributed by atoms with Gasteiger partial charge in [-0.3, -0.25) is 0 Å². The van der Waals surface area contributed by atoms with Crippen LogP contribution in [0.5, 0.6) is 0 Å². The minimum Gasteiger partial charge on any atom is -0.309 e. The molecular weight excluding hydrogens is 993 g/mol. The second kappa shape index (κ2) is 18.1.